The molecule has 2 aromatic carbocycles. The van der Waals surface area contributed by atoms with E-state index in [1.165, 1.54) is 22.3 Å². The van der Waals surface area contributed by atoms with Gasteiger partial charge in [0.2, 0.25) is 0 Å². The minimum absolute atomic E-state index is 0.127. The van der Waals surface area contributed by atoms with Crippen molar-refractivity contribution in [1.82, 2.24) is 0 Å². The van der Waals surface area contributed by atoms with Gasteiger partial charge >= 0.3 is 0 Å². The van der Waals surface area contributed by atoms with Gasteiger partial charge in [-0.1, -0.05) is 71.0 Å². The molecule has 3 heteroatoms. The number of fused-ring (bicyclic) bond motifs is 1. The van der Waals surface area contributed by atoms with Crippen molar-refractivity contribution in [3.63, 3.8) is 0 Å². The van der Waals surface area contributed by atoms with Crippen LogP contribution < -0.4 is 0 Å². The highest BCUT2D eigenvalue weighted by molar-refractivity contribution is 7.91. The SMILES string of the molecule is CCS(=O)(=O)c1ccc(C=C(C)c2ccc3c(c2)C(C)(C)CC3(C)C)cc1. The molecule has 0 aromatic heterocycles. The second kappa shape index (κ2) is 6.63. The molecule has 0 fully saturated rings. The molecule has 0 atom stereocenters. The van der Waals surface area contributed by atoms with Crippen molar-refractivity contribution in [2.75, 3.05) is 5.75 Å². The zero-order valence-corrected chi connectivity index (χ0v) is 18.1. The van der Waals surface area contributed by atoms with Gasteiger partial charge in [0.1, 0.15) is 0 Å². The molecule has 0 aliphatic heterocycles. The first kappa shape index (κ1) is 19.9. The zero-order valence-electron chi connectivity index (χ0n) is 17.3. The molecule has 0 saturated carbocycles. The summed E-state index contributed by atoms with van der Waals surface area (Å²) < 4.78 is 23.9. The molecule has 3 rings (SSSR count). The standard InChI is InChI=1S/C24H30O2S/c1-7-27(25,26)20-11-8-18(9-12-20)14-17(2)19-10-13-21-22(15-19)24(5,6)16-23(21,3)4/h8-15H,7,16H2,1-6H3. The molecule has 0 N–H and O–H groups in total. The molecule has 2 nitrogen and oxygen atoms in total. The summed E-state index contributed by atoms with van der Waals surface area (Å²) in [5.74, 6) is 0.127. The maximum atomic E-state index is 12.0. The van der Waals surface area contributed by atoms with E-state index in [1.807, 2.05) is 12.1 Å². The molecule has 0 bridgehead atoms. The van der Waals surface area contributed by atoms with E-state index < -0.39 is 9.84 Å². The van der Waals surface area contributed by atoms with Gasteiger partial charge in [0.05, 0.1) is 10.6 Å². The lowest BCUT2D eigenvalue weighted by molar-refractivity contribution is 0.403. The number of allylic oxidation sites excluding steroid dienone is 1. The van der Waals surface area contributed by atoms with Crippen LogP contribution in [-0.2, 0) is 20.7 Å². The molecular weight excluding hydrogens is 352 g/mol. The summed E-state index contributed by atoms with van der Waals surface area (Å²) in [6.45, 7) is 13.1. The van der Waals surface area contributed by atoms with E-state index in [2.05, 4.69) is 58.9 Å². The average Bonchev–Trinajstić information content (AvgIpc) is 2.79. The number of rotatable bonds is 4. The van der Waals surface area contributed by atoms with Crippen molar-refractivity contribution in [1.29, 1.82) is 0 Å². The Labute approximate surface area is 164 Å². The summed E-state index contributed by atoms with van der Waals surface area (Å²) in [7, 11) is -3.15. The number of benzene rings is 2. The summed E-state index contributed by atoms with van der Waals surface area (Å²) in [6.07, 6.45) is 3.28. The van der Waals surface area contributed by atoms with Gasteiger partial charge in [-0.3, -0.25) is 0 Å². The lowest BCUT2D eigenvalue weighted by Gasteiger charge is -2.22. The maximum Gasteiger partial charge on any atom is 0.178 e. The van der Waals surface area contributed by atoms with Crippen LogP contribution in [0, 0.1) is 0 Å². The summed E-state index contributed by atoms with van der Waals surface area (Å²) in [5, 5.41) is 0. The van der Waals surface area contributed by atoms with Crippen LogP contribution in [0.25, 0.3) is 11.6 Å². The van der Waals surface area contributed by atoms with E-state index in [0.717, 1.165) is 12.0 Å². The van der Waals surface area contributed by atoms with Crippen LogP contribution in [0.4, 0.5) is 0 Å². The molecular formula is C24H30O2S. The lowest BCUT2D eigenvalue weighted by atomic mass is 9.82. The molecule has 144 valence electrons. The normalized spacial score (nSPS) is 18.4. The molecule has 0 heterocycles. The molecule has 1 aliphatic rings. The third-order valence-corrected chi connectivity index (χ3v) is 7.57. The predicted octanol–water partition coefficient (Wildman–Crippen LogP) is 6.00. The number of hydrogen-bond acceptors (Lipinski definition) is 2. The third kappa shape index (κ3) is 3.75. The predicted molar refractivity (Wildman–Crippen MR) is 115 cm³/mol. The van der Waals surface area contributed by atoms with Crippen molar-refractivity contribution in [3.8, 4) is 0 Å². The second-order valence-electron chi connectivity index (χ2n) is 9.00. The number of hydrogen-bond donors (Lipinski definition) is 0. The Hall–Kier alpha value is -1.87. The molecule has 0 spiro atoms. The van der Waals surface area contributed by atoms with Gasteiger partial charge in [-0.25, -0.2) is 8.42 Å². The van der Waals surface area contributed by atoms with Gasteiger partial charge in [-0.2, -0.15) is 0 Å². The summed E-state index contributed by atoms with van der Waals surface area (Å²) in [6, 6.07) is 14.0. The highest BCUT2D eigenvalue weighted by Crippen LogP contribution is 2.49. The highest BCUT2D eigenvalue weighted by Gasteiger charge is 2.41. The largest absolute Gasteiger partial charge is 0.224 e. The van der Waals surface area contributed by atoms with Crippen LogP contribution in [0.3, 0.4) is 0 Å². The van der Waals surface area contributed by atoms with E-state index in [1.54, 1.807) is 19.1 Å². The average molecular weight is 383 g/mol. The molecule has 0 saturated heterocycles. The molecule has 0 amide bonds. The van der Waals surface area contributed by atoms with Gasteiger partial charge < -0.3 is 0 Å². The van der Waals surface area contributed by atoms with Gasteiger partial charge in [0, 0.05) is 0 Å². The van der Waals surface area contributed by atoms with Gasteiger partial charge in [0.15, 0.2) is 9.84 Å². The summed E-state index contributed by atoms with van der Waals surface area (Å²) >= 11 is 0. The summed E-state index contributed by atoms with van der Waals surface area (Å²) in [5.41, 5.74) is 6.73. The van der Waals surface area contributed by atoms with Crippen LogP contribution >= 0.6 is 0 Å². The first-order chi connectivity index (χ1) is 12.5. The van der Waals surface area contributed by atoms with Crippen LogP contribution in [0.2, 0.25) is 0 Å². The Bertz CT molecular complexity index is 991. The maximum absolute atomic E-state index is 12.0. The molecule has 2 aromatic rings. The highest BCUT2D eigenvalue weighted by atomic mass is 32.2. The van der Waals surface area contributed by atoms with Crippen molar-refractivity contribution >= 4 is 21.5 Å². The molecule has 0 unspecified atom stereocenters. The Balaban J connectivity index is 1.94. The summed E-state index contributed by atoms with van der Waals surface area (Å²) in [4.78, 5) is 0.390. The van der Waals surface area contributed by atoms with Crippen LogP contribution in [-0.4, -0.2) is 14.2 Å². The zero-order chi connectivity index (χ0) is 20.0. The fourth-order valence-electron chi connectivity index (χ4n) is 4.51. The van der Waals surface area contributed by atoms with Crippen LogP contribution in [0.5, 0.6) is 0 Å². The first-order valence-electron chi connectivity index (χ1n) is 9.63. The Morgan fingerprint density at radius 2 is 1.56 bits per heavy atom. The minimum atomic E-state index is -3.15. The van der Waals surface area contributed by atoms with E-state index in [-0.39, 0.29) is 16.6 Å². The van der Waals surface area contributed by atoms with Gasteiger partial charge in [0.25, 0.3) is 0 Å². The van der Waals surface area contributed by atoms with Crippen molar-refractivity contribution in [2.45, 2.75) is 63.7 Å². The van der Waals surface area contributed by atoms with Crippen LogP contribution in [0.15, 0.2) is 47.4 Å². The van der Waals surface area contributed by atoms with E-state index in [4.69, 9.17) is 0 Å². The van der Waals surface area contributed by atoms with Crippen molar-refractivity contribution in [3.05, 3.63) is 64.7 Å². The van der Waals surface area contributed by atoms with Crippen LogP contribution in [0.1, 0.15) is 70.2 Å². The molecule has 1 aliphatic carbocycles. The van der Waals surface area contributed by atoms with Gasteiger partial charge in [-0.15, -0.1) is 0 Å². The quantitative estimate of drug-likeness (QED) is 0.608. The van der Waals surface area contributed by atoms with Gasteiger partial charge in [-0.05, 0) is 64.1 Å². The topological polar surface area (TPSA) is 34.1 Å². The Kier molecular flexibility index (Phi) is 4.88. The van der Waals surface area contributed by atoms with E-state index >= 15 is 0 Å². The fourth-order valence-corrected chi connectivity index (χ4v) is 5.39. The van der Waals surface area contributed by atoms with E-state index in [0.29, 0.717) is 4.90 Å². The Morgan fingerprint density at radius 3 is 2.15 bits per heavy atom. The minimum Gasteiger partial charge on any atom is -0.224 e. The third-order valence-electron chi connectivity index (χ3n) is 5.82. The lowest BCUT2D eigenvalue weighted by Crippen LogP contribution is -2.17. The van der Waals surface area contributed by atoms with Crippen molar-refractivity contribution < 1.29 is 8.42 Å². The Morgan fingerprint density at radius 1 is 0.963 bits per heavy atom. The second-order valence-corrected chi connectivity index (χ2v) is 11.3. The van der Waals surface area contributed by atoms with E-state index in [9.17, 15) is 8.42 Å². The monoisotopic (exact) mass is 382 g/mol. The molecule has 27 heavy (non-hydrogen) atoms. The van der Waals surface area contributed by atoms with Crippen molar-refractivity contribution in [2.24, 2.45) is 0 Å². The first-order valence-corrected chi connectivity index (χ1v) is 11.3. The molecule has 0 radical (unpaired) electrons. The smallest absolute Gasteiger partial charge is 0.178 e. The number of sulfone groups is 1. The fraction of sp³-hybridized carbons (Fsp3) is 0.417.